The van der Waals surface area contributed by atoms with Gasteiger partial charge in [0.25, 0.3) is 0 Å². The number of benzene rings is 1. The molecule has 0 radical (unpaired) electrons. The summed E-state index contributed by atoms with van der Waals surface area (Å²) in [5.74, 6) is 1.49. The number of hydrogen-bond acceptors (Lipinski definition) is 3. The lowest BCUT2D eigenvalue weighted by Crippen LogP contribution is -2.30. The van der Waals surface area contributed by atoms with Gasteiger partial charge in [0.1, 0.15) is 5.75 Å². The molecule has 20 heavy (non-hydrogen) atoms. The molecule has 0 amide bonds. The summed E-state index contributed by atoms with van der Waals surface area (Å²) in [5, 5.41) is 8.29. The van der Waals surface area contributed by atoms with E-state index in [4.69, 9.17) is 4.74 Å². The van der Waals surface area contributed by atoms with Crippen molar-refractivity contribution in [1.29, 1.82) is 0 Å². The average molecular weight is 273 g/mol. The van der Waals surface area contributed by atoms with Gasteiger partial charge in [-0.25, -0.2) is 0 Å². The first-order valence-corrected chi connectivity index (χ1v) is 7.43. The van der Waals surface area contributed by atoms with E-state index in [0.29, 0.717) is 5.92 Å². The Bertz CT molecular complexity index is 591. The highest BCUT2D eigenvalue weighted by atomic mass is 16.5. The first-order chi connectivity index (χ1) is 9.83. The Hall–Kier alpha value is -1.52. The van der Waals surface area contributed by atoms with Crippen molar-refractivity contribution in [1.82, 2.24) is 15.6 Å². The van der Waals surface area contributed by atoms with Crippen LogP contribution in [0.5, 0.6) is 5.75 Å². The van der Waals surface area contributed by atoms with E-state index in [1.807, 2.05) is 0 Å². The number of aromatic amines is 1. The third-order valence-electron chi connectivity index (χ3n) is 4.15. The molecule has 1 aliphatic rings. The number of rotatable bonds is 5. The Kier molecular flexibility index (Phi) is 3.94. The van der Waals surface area contributed by atoms with Crippen LogP contribution >= 0.6 is 0 Å². The molecule has 0 spiro atoms. The van der Waals surface area contributed by atoms with Gasteiger partial charge in [0.2, 0.25) is 0 Å². The number of aromatic nitrogens is 1. The van der Waals surface area contributed by atoms with Crippen LogP contribution in [0.25, 0.3) is 10.9 Å². The number of hydrogen-bond donors (Lipinski definition) is 3. The van der Waals surface area contributed by atoms with Crippen LogP contribution in [0, 0.1) is 0 Å². The predicted octanol–water partition coefficient (Wildman–Crippen LogP) is 2.36. The van der Waals surface area contributed by atoms with Gasteiger partial charge in [0, 0.05) is 35.8 Å². The molecule has 0 saturated heterocycles. The Balaban J connectivity index is 1.94. The van der Waals surface area contributed by atoms with Crippen LogP contribution in [-0.4, -0.2) is 31.7 Å². The smallest absolute Gasteiger partial charge is 0.120 e. The molecule has 2 heterocycles. The van der Waals surface area contributed by atoms with Gasteiger partial charge in [-0.3, -0.25) is 0 Å². The second-order valence-electron chi connectivity index (χ2n) is 5.40. The van der Waals surface area contributed by atoms with Gasteiger partial charge in [-0.15, -0.1) is 0 Å². The number of methoxy groups -OCH3 is 1. The van der Waals surface area contributed by atoms with Crippen LogP contribution in [0.1, 0.15) is 30.5 Å². The Labute approximate surface area is 119 Å². The lowest BCUT2D eigenvalue weighted by atomic mass is 9.90. The maximum absolute atomic E-state index is 5.31. The van der Waals surface area contributed by atoms with E-state index in [2.05, 4.69) is 40.7 Å². The van der Waals surface area contributed by atoms with Crippen LogP contribution < -0.4 is 15.4 Å². The predicted molar refractivity (Wildman–Crippen MR) is 82.5 cm³/mol. The van der Waals surface area contributed by atoms with E-state index < -0.39 is 0 Å². The summed E-state index contributed by atoms with van der Waals surface area (Å²) in [6.07, 6.45) is 1.17. The van der Waals surface area contributed by atoms with Gasteiger partial charge < -0.3 is 20.4 Å². The second-order valence-corrected chi connectivity index (χ2v) is 5.40. The monoisotopic (exact) mass is 273 g/mol. The molecule has 1 aromatic heterocycles. The fourth-order valence-electron chi connectivity index (χ4n) is 3.16. The largest absolute Gasteiger partial charge is 0.497 e. The molecular formula is C16H23N3O. The van der Waals surface area contributed by atoms with E-state index in [0.717, 1.165) is 31.9 Å². The molecule has 108 valence electrons. The third kappa shape index (κ3) is 2.41. The lowest BCUT2D eigenvalue weighted by molar-refractivity contribution is 0.415. The summed E-state index contributed by atoms with van der Waals surface area (Å²) < 4.78 is 5.31. The molecule has 3 N–H and O–H groups in total. The van der Waals surface area contributed by atoms with Crippen LogP contribution in [0.3, 0.4) is 0 Å². The molecular weight excluding hydrogens is 250 g/mol. The van der Waals surface area contributed by atoms with Gasteiger partial charge in [-0.1, -0.05) is 6.92 Å². The topological polar surface area (TPSA) is 49.1 Å². The van der Waals surface area contributed by atoms with Crippen molar-refractivity contribution >= 4 is 10.9 Å². The van der Waals surface area contributed by atoms with E-state index in [1.165, 1.54) is 28.6 Å². The van der Waals surface area contributed by atoms with Gasteiger partial charge in [-0.2, -0.15) is 0 Å². The summed E-state index contributed by atoms with van der Waals surface area (Å²) in [7, 11) is 1.71. The molecule has 1 aliphatic heterocycles. The minimum absolute atomic E-state index is 0.583. The number of ether oxygens (including phenoxy) is 1. The highest BCUT2D eigenvalue weighted by Gasteiger charge is 2.24. The number of nitrogens with one attached hydrogen (secondary N) is 3. The SMILES string of the molecule is CCNCCC1CNCc2[nH]c3cc(OC)ccc3c21. The van der Waals surface area contributed by atoms with Crippen molar-refractivity contribution in [3.05, 3.63) is 29.5 Å². The Morgan fingerprint density at radius 3 is 3.10 bits per heavy atom. The van der Waals surface area contributed by atoms with Crippen LogP contribution in [-0.2, 0) is 6.54 Å². The Morgan fingerprint density at radius 1 is 1.40 bits per heavy atom. The standard InChI is InChI=1S/C16H23N3O/c1-3-17-7-6-11-9-18-10-15-16(11)13-5-4-12(20-2)8-14(13)19-15/h4-5,8,11,17-19H,3,6-7,9-10H2,1-2H3. The highest BCUT2D eigenvalue weighted by Crippen LogP contribution is 2.34. The summed E-state index contributed by atoms with van der Waals surface area (Å²) in [6.45, 7) is 6.27. The van der Waals surface area contributed by atoms with Crippen molar-refractivity contribution in [2.75, 3.05) is 26.7 Å². The second kappa shape index (κ2) is 5.85. The fraction of sp³-hybridized carbons (Fsp3) is 0.500. The highest BCUT2D eigenvalue weighted by molar-refractivity contribution is 5.86. The number of fused-ring (bicyclic) bond motifs is 3. The van der Waals surface area contributed by atoms with E-state index >= 15 is 0 Å². The quantitative estimate of drug-likeness (QED) is 0.733. The summed E-state index contributed by atoms with van der Waals surface area (Å²) in [5.41, 5.74) is 4.02. The van der Waals surface area contributed by atoms with E-state index in [1.54, 1.807) is 7.11 Å². The summed E-state index contributed by atoms with van der Waals surface area (Å²) in [6, 6.07) is 6.34. The van der Waals surface area contributed by atoms with Gasteiger partial charge >= 0.3 is 0 Å². The average Bonchev–Trinajstić information content (AvgIpc) is 2.85. The first-order valence-electron chi connectivity index (χ1n) is 7.43. The van der Waals surface area contributed by atoms with Crippen LogP contribution in [0.4, 0.5) is 0 Å². The molecule has 1 atom stereocenters. The zero-order valence-electron chi connectivity index (χ0n) is 12.3. The zero-order valence-corrected chi connectivity index (χ0v) is 12.3. The van der Waals surface area contributed by atoms with E-state index in [9.17, 15) is 0 Å². The molecule has 0 fully saturated rings. The van der Waals surface area contributed by atoms with E-state index in [-0.39, 0.29) is 0 Å². The minimum atomic E-state index is 0.583. The molecule has 4 nitrogen and oxygen atoms in total. The van der Waals surface area contributed by atoms with Crippen molar-refractivity contribution in [3.8, 4) is 5.75 Å². The Morgan fingerprint density at radius 2 is 2.30 bits per heavy atom. The van der Waals surface area contributed by atoms with Crippen LogP contribution in [0.2, 0.25) is 0 Å². The minimum Gasteiger partial charge on any atom is -0.497 e. The molecule has 1 aromatic carbocycles. The maximum atomic E-state index is 5.31. The van der Waals surface area contributed by atoms with Crippen molar-refractivity contribution in [2.45, 2.75) is 25.8 Å². The normalized spacial score (nSPS) is 18.2. The van der Waals surface area contributed by atoms with Gasteiger partial charge in [0.15, 0.2) is 0 Å². The van der Waals surface area contributed by atoms with Crippen LogP contribution in [0.15, 0.2) is 18.2 Å². The van der Waals surface area contributed by atoms with Crippen molar-refractivity contribution in [3.63, 3.8) is 0 Å². The lowest BCUT2D eigenvalue weighted by Gasteiger charge is -2.24. The molecule has 0 bridgehead atoms. The molecule has 3 rings (SSSR count). The number of H-pyrrole nitrogens is 1. The molecule has 1 unspecified atom stereocenters. The summed E-state index contributed by atoms with van der Waals surface area (Å²) >= 11 is 0. The molecule has 0 aliphatic carbocycles. The third-order valence-corrected chi connectivity index (χ3v) is 4.15. The van der Waals surface area contributed by atoms with Gasteiger partial charge in [0.05, 0.1) is 7.11 Å². The zero-order chi connectivity index (χ0) is 13.9. The first kappa shape index (κ1) is 13.5. The molecule has 2 aromatic rings. The van der Waals surface area contributed by atoms with Crippen molar-refractivity contribution in [2.24, 2.45) is 0 Å². The van der Waals surface area contributed by atoms with Gasteiger partial charge in [-0.05, 0) is 43.1 Å². The fourth-order valence-corrected chi connectivity index (χ4v) is 3.16. The summed E-state index contributed by atoms with van der Waals surface area (Å²) in [4.78, 5) is 3.55. The molecule has 0 saturated carbocycles. The van der Waals surface area contributed by atoms with Crippen molar-refractivity contribution < 1.29 is 4.74 Å². The maximum Gasteiger partial charge on any atom is 0.120 e. The molecule has 4 heteroatoms.